The zero-order chi connectivity index (χ0) is 22.1. The van der Waals surface area contributed by atoms with Gasteiger partial charge in [-0.3, -0.25) is 9.59 Å². The lowest BCUT2D eigenvalue weighted by Gasteiger charge is -2.21. The zero-order valence-corrected chi connectivity index (χ0v) is 17.2. The molecule has 2 atom stereocenters. The largest absolute Gasteiger partial charge is 0.467 e. The van der Waals surface area contributed by atoms with Gasteiger partial charge in [-0.05, 0) is 12.0 Å². The Bertz CT molecular complexity index is 909. The first kappa shape index (κ1) is 22.8. The quantitative estimate of drug-likeness (QED) is 0.503. The number of nitrogens with one attached hydrogen (secondary N) is 1. The highest BCUT2D eigenvalue weighted by molar-refractivity contribution is 6.14. The van der Waals surface area contributed by atoms with E-state index in [2.05, 4.69) is 5.32 Å². The molecule has 0 aliphatic heterocycles. The monoisotopic (exact) mass is 411 g/mol. The van der Waals surface area contributed by atoms with Crippen molar-refractivity contribution in [1.29, 1.82) is 0 Å². The minimum atomic E-state index is -0.835. The van der Waals surface area contributed by atoms with E-state index < -0.39 is 30.5 Å². The lowest BCUT2D eigenvalue weighted by molar-refractivity contribution is -0.147. The number of methoxy groups -OCH3 is 1. The Morgan fingerprint density at radius 3 is 2.13 bits per heavy atom. The summed E-state index contributed by atoms with van der Waals surface area (Å²) in [6.45, 7) is 3.10. The van der Waals surface area contributed by atoms with Crippen molar-refractivity contribution in [1.82, 2.24) is 5.32 Å². The highest BCUT2D eigenvalue weighted by Crippen LogP contribution is 2.16. The SMILES string of the molecule is CC[C@H](C)[C@H](NC(=O)COC(=O)c1ccccc1C(=O)c1ccccc1)C(=O)OC. The van der Waals surface area contributed by atoms with Crippen molar-refractivity contribution < 1.29 is 28.7 Å². The van der Waals surface area contributed by atoms with Crippen LogP contribution in [0.2, 0.25) is 0 Å². The van der Waals surface area contributed by atoms with Gasteiger partial charge < -0.3 is 14.8 Å². The molecular weight excluding hydrogens is 386 g/mol. The second-order valence-corrected chi connectivity index (χ2v) is 6.77. The predicted octanol–water partition coefficient (Wildman–Crippen LogP) is 2.78. The van der Waals surface area contributed by atoms with Crippen LogP contribution in [0.4, 0.5) is 0 Å². The van der Waals surface area contributed by atoms with E-state index in [9.17, 15) is 19.2 Å². The summed E-state index contributed by atoms with van der Waals surface area (Å²) in [6.07, 6.45) is 0.648. The molecule has 7 heteroatoms. The van der Waals surface area contributed by atoms with Crippen LogP contribution in [0.3, 0.4) is 0 Å². The fourth-order valence-electron chi connectivity index (χ4n) is 2.82. The van der Waals surface area contributed by atoms with Crippen molar-refractivity contribution in [2.24, 2.45) is 5.92 Å². The van der Waals surface area contributed by atoms with Crippen LogP contribution in [-0.4, -0.2) is 43.4 Å². The smallest absolute Gasteiger partial charge is 0.339 e. The van der Waals surface area contributed by atoms with Crippen LogP contribution >= 0.6 is 0 Å². The summed E-state index contributed by atoms with van der Waals surface area (Å²) >= 11 is 0. The highest BCUT2D eigenvalue weighted by Gasteiger charge is 2.27. The number of ether oxygens (including phenoxy) is 2. The molecule has 2 aromatic carbocycles. The Morgan fingerprint density at radius 2 is 1.53 bits per heavy atom. The van der Waals surface area contributed by atoms with Gasteiger partial charge in [0.05, 0.1) is 12.7 Å². The molecule has 0 heterocycles. The summed E-state index contributed by atoms with van der Waals surface area (Å²) in [6, 6.07) is 14.0. The number of esters is 2. The summed E-state index contributed by atoms with van der Waals surface area (Å²) < 4.78 is 9.81. The Hall–Kier alpha value is -3.48. The number of carbonyl (C=O) groups is 4. The molecule has 0 saturated heterocycles. The lowest BCUT2D eigenvalue weighted by atomic mass is 9.98. The molecule has 1 N–H and O–H groups in total. The molecule has 2 rings (SSSR count). The first-order chi connectivity index (χ1) is 14.4. The number of ketones is 1. The molecule has 30 heavy (non-hydrogen) atoms. The molecule has 1 amide bonds. The van der Waals surface area contributed by atoms with Crippen molar-refractivity contribution in [3.8, 4) is 0 Å². The molecule has 0 unspecified atom stereocenters. The summed E-state index contributed by atoms with van der Waals surface area (Å²) in [4.78, 5) is 49.3. The molecular formula is C23H25NO6. The normalized spacial score (nSPS) is 12.4. The van der Waals surface area contributed by atoms with Crippen molar-refractivity contribution >= 4 is 23.6 Å². The van der Waals surface area contributed by atoms with Gasteiger partial charge in [-0.15, -0.1) is 0 Å². The second kappa shape index (κ2) is 10.9. The second-order valence-electron chi connectivity index (χ2n) is 6.77. The van der Waals surface area contributed by atoms with Crippen molar-refractivity contribution in [3.63, 3.8) is 0 Å². The van der Waals surface area contributed by atoms with Gasteiger partial charge in [0.2, 0.25) is 0 Å². The van der Waals surface area contributed by atoms with Crippen LogP contribution in [0.15, 0.2) is 54.6 Å². The van der Waals surface area contributed by atoms with E-state index in [1.54, 1.807) is 49.4 Å². The number of rotatable bonds is 9. The third-order valence-electron chi connectivity index (χ3n) is 4.75. The summed E-state index contributed by atoms with van der Waals surface area (Å²) in [5, 5.41) is 2.53. The van der Waals surface area contributed by atoms with Gasteiger partial charge in [-0.1, -0.05) is 68.8 Å². The standard InChI is InChI=1S/C23H25NO6/c1-4-15(2)20(23(28)29-3)24-19(25)14-30-22(27)18-13-9-8-12-17(18)21(26)16-10-6-5-7-11-16/h5-13,15,20H,4,14H2,1-3H3,(H,24,25)/t15-,20-/m0/s1. The van der Waals surface area contributed by atoms with E-state index >= 15 is 0 Å². The maximum absolute atomic E-state index is 12.7. The predicted molar refractivity (Wildman–Crippen MR) is 110 cm³/mol. The van der Waals surface area contributed by atoms with Gasteiger partial charge in [0.25, 0.3) is 5.91 Å². The molecule has 2 aromatic rings. The van der Waals surface area contributed by atoms with E-state index in [-0.39, 0.29) is 22.8 Å². The molecule has 0 bridgehead atoms. The maximum atomic E-state index is 12.7. The summed E-state index contributed by atoms with van der Waals surface area (Å²) in [5.74, 6) is -2.48. The third-order valence-corrected chi connectivity index (χ3v) is 4.75. The number of amides is 1. The van der Waals surface area contributed by atoms with Crippen molar-refractivity contribution in [3.05, 3.63) is 71.3 Å². The first-order valence-electron chi connectivity index (χ1n) is 9.62. The van der Waals surface area contributed by atoms with Crippen molar-refractivity contribution in [2.45, 2.75) is 26.3 Å². The zero-order valence-electron chi connectivity index (χ0n) is 17.2. The van der Waals surface area contributed by atoms with Crippen LogP contribution in [0.25, 0.3) is 0 Å². The average molecular weight is 411 g/mol. The van der Waals surface area contributed by atoms with Crippen LogP contribution in [-0.2, 0) is 19.1 Å². The van der Waals surface area contributed by atoms with Gasteiger partial charge in [0.1, 0.15) is 6.04 Å². The minimum Gasteiger partial charge on any atom is -0.467 e. The molecule has 0 aliphatic carbocycles. The Labute approximate surface area is 175 Å². The van der Waals surface area contributed by atoms with E-state index in [1.165, 1.54) is 19.2 Å². The molecule has 0 aromatic heterocycles. The molecule has 0 fully saturated rings. The molecule has 0 spiro atoms. The van der Waals surface area contributed by atoms with Gasteiger partial charge in [0.15, 0.2) is 12.4 Å². The minimum absolute atomic E-state index is 0.0607. The van der Waals surface area contributed by atoms with Gasteiger partial charge in [-0.2, -0.15) is 0 Å². The summed E-state index contributed by atoms with van der Waals surface area (Å²) in [7, 11) is 1.24. The number of hydrogen-bond acceptors (Lipinski definition) is 6. The number of carbonyl (C=O) groups excluding carboxylic acids is 4. The molecule has 7 nitrogen and oxygen atoms in total. The summed E-state index contributed by atoms with van der Waals surface area (Å²) in [5.41, 5.74) is 0.678. The van der Waals surface area contributed by atoms with E-state index in [4.69, 9.17) is 9.47 Å². The van der Waals surface area contributed by atoms with E-state index in [0.29, 0.717) is 12.0 Å². The molecule has 0 radical (unpaired) electrons. The van der Waals surface area contributed by atoms with Gasteiger partial charge >= 0.3 is 11.9 Å². The fourth-order valence-corrected chi connectivity index (χ4v) is 2.82. The van der Waals surface area contributed by atoms with E-state index in [1.807, 2.05) is 6.92 Å². The highest BCUT2D eigenvalue weighted by atomic mass is 16.5. The van der Waals surface area contributed by atoms with Crippen LogP contribution in [0, 0.1) is 5.92 Å². The Balaban J connectivity index is 2.07. The van der Waals surface area contributed by atoms with Crippen molar-refractivity contribution in [2.75, 3.05) is 13.7 Å². The number of benzene rings is 2. The average Bonchev–Trinajstić information content (AvgIpc) is 2.80. The number of hydrogen-bond donors (Lipinski definition) is 1. The molecule has 0 aliphatic rings. The molecule has 0 saturated carbocycles. The van der Waals surface area contributed by atoms with E-state index in [0.717, 1.165) is 0 Å². The van der Waals surface area contributed by atoms with Crippen LogP contribution in [0.5, 0.6) is 0 Å². The Morgan fingerprint density at radius 1 is 0.933 bits per heavy atom. The van der Waals surface area contributed by atoms with Gasteiger partial charge in [0, 0.05) is 11.1 Å². The molecule has 158 valence electrons. The van der Waals surface area contributed by atoms with Crippen LogP contribution < -0.4 is 5.32 Å². The Kier molecular flexibility index (Phi) is 8.29. The maximum Gasteiger partial charge on any atom is 0.339 e. The topological polar surface area (TPSA) is 98.8 Å². The van der Waals surface area contributed by atoms with Crippen LogP contribution in [0.1, 0.15) is 46.5 Å². The van der Waals surface area contributed by atoms with Gasteiger partial charge in [-0.25, -0.2) is 9.59 Å². The third kappa shape index (κ3) is 5.76. The first-order valence-corrected chi connectivity index (χ1v) is 9.62. The fraction of sp³-hybridized carbons (Fsp3) is 0.304. The lowest BCUT2D eigenvalue weighted by Crippen LogP contribution is -2.47.